The van der Waals surface area contributed by atoms with E-state index in [1.54, 1.807) is 16.8 Å². The first-order valence-corrected chi connectivity index (χ1v) is 10.8. The van der Waals surface area contributed by atoms with Crippen LogP contribution in [0.3, 0.4) is 0 Å². The van der Waals surface area contributed by atoms with Crippen molar-refractivity contribution in [3.8, 4) is 0 Å². The summed E-state index contributed by atoms with van der Waals surface area (Å²) >= 11 is 0. The third-order valence-electron chi connectivity index (χ3n) is 6.30. The average Bonchev–Trinajstić information content (AvgIpc) is 2.79. The Hall–Kier alpha value is -3.21. The summed E-state index contributed by atoms with van der Waals surface area (Å²) in [6, 6.07) is 15.9. The molecule has 0 atom stereocenters. The maximum atomic E-state index is 13.2. The molecule has 30 heavy (non-hydrogen) atoms. The molecular weight excluding hydrogens is 374 g/mol. The molecule has 1 fully saturated rings. The van der Waals surface area contributed by atoms with E-state index in [4.69, 9.17) is 0 Å². The van der Waals surface area contributed by atoms with Crippen LogP contribution in [0.2, 0.25) is 0 Å². The van der Waals surface area contributed by atoms with Crippen molar-refractivity contribution < 1.29 is 0 Å². The summed E-state index contributed by atoms with van der Waals surface area (Å²) in [5.41, 5.74) is 2.36. The fourth-order valence-corrected chi connectivity index (χ4v) is 4.60. The quantitative estimate of drug-likeness (QED) is 0.476. The Kier molecular flexibility index (Phi) is 4.95. The van der Waals surface area contributed by atoms with Gasteiger partial charge in [0.1, 0.15) is 0 Å². The minimum Gasteiger partial charge on any atom is -0.315 e. The maximum Gasteiger partial charge on any atom is 0.260 e. The molecule has 1 aromatic carbocycles. The fraction of sp³-hybridized carbons (Fsp3) is 0.320. The minimum atomic E-state index is -0.0923. The van der Waals surface area contributed by atoms with Gasteiger partial charge >= 0.3 is 0 Å². The van der Waals surface area contributed by atoms with Gasteiger partial charge in [0.05, 0.1) is 21.8 Å². The molecule has 1 aliphatic carbocycles. The third kappa shape index (κ3) is 3.45. The fourth-order valence-electron chi connectivity index (χ4n) is 4.60. The van der Waals surface area contributed by atoms with Gasteiger partial charge in [-0.15, -0.1) is 0 Å². The number of nitrogens with zero attached hydrogens (tertiary/aromatic N) is 3. The summed E-state index contributed by atoms with van der Waals surface area (Å²) in [4.78, 5) is 30.9. The summed E-state index contributed by atoms with van der Waals surface area (Å²) < 4.78 is 3.57. The highest BCUT2D eigenvalue weighted by molar-refractivity contribution is 5.91. The van der Waals surface area contributed by atoms with Crippen LogP contribution >= 0.6 is 0 Å². The number of rotatable bonds is 4. The first-order valence-electron chi connectivity index (χ1n) is 10.8. The summed E-state index contributed by atoms with van der Waals surface area (Å²) in [6.45, 7) is 0.595. The molecule has 0 radical (unpaired) electrons. The van der Waals surface area contributed by atoms with Gasteiger partial charge in [-0.05, 0) is 43.0 Å². The van der Waals surface area contributed by atoms with Gasteiger partial charge in [-0.1, -0.05) is 49.6 Å². The van der Waals surface area contributed by atoms with E-state index in [1.807, 2.05) is 41.1 Å². The van der Waals surface area contributed by atoms with E-state index in [-0.39, 0.29) is 17.2 Å². The molecule has 152 valence electrons. The van der Waals surface area contributed by atoms with Crippen molar-refractivity contribution in [3.05, 3.63) is 87.2 Å². The van der Waals surface area contributed by atoms with Gasteiger partial charge < -0.3 is 9.13 Å². The van der Waals surface area contributed by atoms with Crippen LogP contribution in [-0.4, -0.2) is 14.1 Å². The van der Waals surface area contributed by atoms with Gasteiger partial charge in [0.25, 0.3) is 11.1 Å². The number of hydrogen-bond donors (Lipinski definition) is 0. The van der Waals surface area contributed by atoms with E-state index in [1.165, 1.54) is 12.0 Å². The normalized spacial score (nSPS) is 15.1. The largest absolute Gasteiger partial charge is 0.315 e. The molecule has 0 N–H and O–H groups in total. The number of aromatic nitrogens is 3. The molecule has 1 aliphatic rings. The van der Waals surface area contributed by atoms with E-state index in [2.05, 4.69) is 17.1 Å². The molecule has 3 aromatic heterocycles. The summed E-state index contributed by atoms with van der Waals surface area (Å²) in [7, 11) is 0. The predicted octanol–water partition coefficient (Wildman–Crippen LogP) is 4.46. The summed E-state index contributed by atoms with van der Waals surface area (Å²) in [5, 5.41) is 1.05. The molecular formula is C25H25N3O2. The average molecular weight is 399 g/mol. The zero-order valence-electron chi connectivity index (χ0n) is 17.0. The Morgan fingerprint density at radius 2 is 1.53 bits per heavy atom. The van der Waals surface area contributed by atoms with Gasteiger partial charge in [-0.2, -0.15) is 0 Å². The molecule has 0 spiro atoms. The van der Waals surface area contributed by atoms with Crippen molar-refractivity contribution in [1.29, 1.82) is 0 Å². The van der Waals surface area contributed by atoms with Crippen LogP contribution in [0.5, 0.6) is 0 Å². The lowest BCUT2D eigenvalue weighted by Gasteiger charge is -2.24. The zero-order valence-corrected chi connectivity index (χ0v) is 17.0. The van der Waals surface area contributed by atoms with E-state index < -0.39 is 0 Å². The summed E-state index contributed by atoms with van der Waals surface area (Å²) in [5.74, 6) is 0. The van der Waals surface area contributed by atoms with Crippen molar-refractivity contribution >= 4 is 21.8 Å². The first kappa shape index (κ1) is 18.8. The monoisotopic (exact) mass is 399 g/mol. The van der Waals surface area contributed by atoms with Gasteiger partial charge in [-0.25, -0.2) is 4.98 Å². The van der Waals surface area contributed by atoms with Crippen LogP contribution in [0.25, 0.3) is 21.8 Å². The molecule has 5 heteroatoms. The molecule has 1 saturated carbocycles. The summed E-state index contributed by atoms with van der Waals surface area (Å²) in [6.07, 6.45) is 10.1. The smallest absolute Gasteiger partial charge is 0.260 e. The third-order valence-corrected chi connectivity index (χ3v) is 6.30. The molecule has 0 unspecified atom stereocenters. The van der Waals surface area contributed by atoms with Crippen LogP contribution in [0.15, 0.2) is 70.5 Å². The van der Waals surface area contributed by atoms with Gasteiger partial charge in [-0.3, -0.25) is 9.59 Å². The van der Waals surface area contributed by atoms with E-state index in [9.17, 15) is 9.59 Å². The maximum absolute atomic E-state index is 13.2. The Bertz CT molecular complexity index is 1320. The lowest BCUT2D eigenvalue weighted by atomic mass is 9.95. The Labute approximate surface area is 174 Å². The minimum absolute atomic E-state index is 0.0344. The number of fused-ring (bicyclic) bond motifs is 2. The highest BCUT2D eigenvalue weighted by Gasteiger charge is 2.18. The number of benzene rings is 1. The Morgan fingerprint density at radius 3 is 2.30 bits per heavy atom. The molecule has 0 saturated heterocycles. The predicted molar refractivity (Wildman–Crippen MR) is 120 cm³/mol. The molecule has 3 heterocycles. The first-order chi connectivity index (χ1) is 14.7. The number of aryl methyl sites for hydroxylation is 2. The van der Waals surface area contributed by atoms with E-state index in [0.717, 1.165) is 32.1 Å². The second kappa shape index (κ2) is 7.90. The van der Waals surface area contributed by atoms with E-state index in [0.29, 0.717) is 28.4 Å². The zero-order chi connectivity index (χ0) is 20.5. The van der Waals surface area contributed by atoms with Gasteiger partial charge in [0, 0.05) is 25.0 Å². The SMILES string of the molecule is O=c1c2cc3c(=O)n(C4CCCCC4)ccc3nc2ccn1CCc1ccccc1. The van der Waals surface area contributed by atoms with Crippen molar-refractivity contribution in [1.82, 2.24) is 14.1 Å². The lowest BCUT2D eigenvalue weighted by Crippen LogP contribution is -2.26. The Morgan fingerprint density at radius 1 is 0.833 bits per heavy atom. The second-order valence-corrected chi connectivity index (χ2v) is 8.22. The van der Waals surface area contributed by atoms with Crippen molar-refractivity contribution in [2.75, 3.05) is 0 Å². The molecule has 0 bridgehead atoms. The van der Waals surface area contributed by atoms with Crippen LogP contribution in [0.1, 0.15) is 43.7 Å². The van der Waals surface area contributed by atoms with Crippen LogP contribution in [-0.2, 0) is 13.0 Å². The molecule has 0 aliphatic heterocycles. The van der Waals surface area contributed by atoms with E-state index >= 15 is 0 Å². The van der Waals surface area contributed by atoms with Gasteiger partial charge in [0.15, 0.2) is 0 Å². The van der Waals surface area contributed by atoms with Crippen LogP contribution in [0, 0.1) is 0 Å². The molecule has 5 nitrogen and oxygen atoms in total. The molecule has 0 amide bonds. The highest BCUT2D eigenvalue weighted by atomic mass is 16.1. The number of hydrogen-bond acceptors (Lipinski definition) is 3. The van der Waals surface area contributed by atoms with Gasteiger partial charge in [0.2, 0.25) is 0 Å². The molecule has 5 rings (SSSR count). The van der Waals surface area contributed by atoms with Crippen molar-refractivity contribution in [3.63, 3.8) is 0 Å². The van der Waals surface area contributed by atoms with Crippen molar-refractivity contribution in [2.24, 2.45) is 0 Å². The lowest BCUT2D eigenvalue weighted by molar-refractivity contribution is 0.347. The van der Waals surface area contributed by atoms with Crippen LogP contribution in [0.4, 0.5) is 0 Å². The number of pyridine rings is 3. The second-order valence-electron chi connectivity index (χ2n) is 8.22. The standard InChI is InChI=1S/C25H25N3O2/c29-24-20-17-21-23(13-16-28(25(21)30)19-9-5-2-6-10-19)26-22(20)12-15-27(24)14-11-18-7-3-1-4-8-18/h1,3-4,7-8,12-13,15-17,19H,2,5-6,9-11,14H2. The van der Waals surface area contributed by atoms with Crippen molar-refractivity contribution in [2.45, 2.75) is 51.1 Å². The Balaban J connectivity index is 1.56. The van der Waals surface area contributed by atoms with Crippen LogP contribution < -0.4 is 11.1 Å². The molecule has 4 aromatic rings. The topological polar surface area (TPSA) is 56.9 Å². The highest BCUT2D eigenvalue weighted by Crippen LogP contribution is 2.27.